The lowest BCUT2D eigenvalue weighted by molar-refractivity contribution is 0.102. The summed E-state index contributed by atoms with van der Waals surface area (Å²) in [5.74, 6) is -0.0795. The predicted molar refractivity (Wildman–Crippen MR) is 109 cm³/mol. The Kier molecular flexibility index (Phi) is 4.44. The molecule has 0 radical (unpaired) electrons. The van der Waals surface area contributed by atoms with Crippen molar-refractivity contribution in [1.82, 2.24) is 4.98 Å². The highest BCUT2D eigenvalue weighted by Crippen LogP contribution is 2.36. The second kappa shape index (κ2) is 6.90. The van der Waals surface area contributed by atoms with E-state index in [2.05, 4.69) is 26.2 Å². The van der Waals surface area contributed by atoms with Crippen molar-refractivity contribution in [3.05, 3.63) is 76.8 Å². The van der Waals surface area contributed by atoms with E-state index in [9.17, 15) is 9.90 Å². The number of phenols is 1. The number of hydrogen-bond donors (Lipinski definition) is 2. The van der Waals surface area contributed by atoms with Crippen LogP contribution in [0.3, 0.4) is 0 Å². The number of hydrogen-bond acceptors (Lipinski definition) is 4. The van der Waals surface area contributed by atoms with E-state index in [4.69, 9.17) is 0 Å². The molecule has 0 aliphatic rings. The maximum atomic E-state index is 12.4. The lowest BCUT2D eigenvalue weighted by atomic mass is 10.1. The smallest absolute Gasteiger partial charge is 0.255 e. The molecule has 0 spiro atoms. The van der Waals surface area contributed by atoms with Crippen LogP contribution in [0.5, 0.6) is 5.75 Å². The van der Waals surface area contributed by atoms with Gasteiger partial charge in [-0.15, -0.1) is 11.3 Å². The monoisotopic (exact) mass is 424 g/mol. The zero-order valence-electron chi connectivity index (χ0n) is 13.4. The lowest BCUT2D eigenvalue weighted by Crippen LogP contribution is -2.11. The van der Waals surface area contributed by atoms with Gasteiger partial charge in [-0.2, -0.15) is 0 Å². The van der Waals surface area contributed by atoms with Crippen LogP contribution in [-0.2, 0) is 0 Å². The van der Waals surface area contributed by atoms with E-state index in [1.54, 1.807) is 30.3 Å². The highest BCUT2D eigenvalue weighted by atomic mass is 79.9. The largest absolute Gasteiger partial charge is 0.507 e. The van der Waals surface area contributed by atoms with Crippen LogP contribution in [0.25, 0.3) is 20.8 Å². The van der Waals surface area contributed by atoms with Crippen LogP contribution < -0.4 is 5.32 Å². The van der Waals surface area contributed by atoms with Crippen molar-refractivity contribution in [3.8, 4) is 16.3 Å². The van der Waals surface area contributed by atoms with Gasteiger partial charge in [-0.05, 0) is 54.6 Å². The first-order valence-electron chi connectivity index (χ1n) is 7.86. The minimum Gasteiger partial charge on any atom is -0.507 e. The summed E-state index contributed by atoms with van der Waals surface area (Å²) < 4.78 is 1.96. The number of amides is 1. The fraction of sp³-hybridized carbons (Fsp3) is 0. The molecule has 0 aliphatic carbocycles. The van der Waals surface area contributed by atoms with Crippen molar-refractivity contribution in [2.75, 3.05) is 5.32 Å². The van der Waals surface area contributed by atoms with Crippen molar-refractivity contribution >= 4 is 49.1 Å². The molecule has 0 unspecified atom stereocenters. The number of benzene rings is 3. The SMILES string of the molecule is O=C(Nc1ccc(O)c(-c2nc3ccccc3s2)c1)c1ccc(Br)cc1. The van der Waals surface area contributed by atoms with Gasteiger partial charge < -0.3 is 10.4 Å². The van der Waals surface area contributed by atoms with Gasteiger partial charge in [0.1, 0.15) is 10.8 Å². The van der Waals surface area contributed by atoms with Gasteiger partial charge >= 0.3 is 0 Å². The van der Waals surface area contributed by atoms with Gasteiger partial charge in [0, 0.05) is 15.7 Å². The third-order valence-corrected chi connectivity index (χ3v) is 5.48. The van der Waals surface area contributed by atoms with Gasteiger partial charge in [0.15, 0.2) is 0 Å². The molecule has 4 aromatic rings. The summed E-state index contributed by atoms with van der Waals surface area (Å²) in [6.45, 7) is 0. The first kappa shape index (κ1) is 16.8. The number of rotatable bonds is 3. The molecular weight excluding hydrogens is 412 g/mol. The number of aromatic nitrogens is 1. The fourth-order valence-corrected chi connectivity index (χ4v) is 3.83. The Labute approximate surface area is 162 Å². The van der Waals surface area contributed by atoms with E-state index in [0.29, 0.717) is 21.8 Å². The molecule has 0 fully saturated rings. The number of anilines is 1. The highest BCUT2D eigenvalue weighted by Gasteiger charge is 2.13. The number of thiazole rings is 1. The van der Waals surface area contributed by atoms with Gasteiger partial charge in [-0.1, -0.05) is 28.1 Å². The molecule has 2 N–H and O–H groups in total. The first-order valence-corrected chi connectivity index (χ1v) is 9.47. The van der Waals surface area contributed by atoms with Crippen LogP contribution in [0.2, 0.25) is 0 Å². The molecule has 1 aromatic heterocycles. The standard InChI is InChI=1S/C20H13BrN2O2S/c21-13-7-5-12(6-8-13)19(25)22-14-9-10-17(24)15(11-14)20-23-16-3-1-2-4-18(16)26-20/h1-11,24H,(H,22,25). The summed E-state index contributed by atoms with van der Waals surface area (Å²) in [5.41, 5.74) is 2.64. The maximum absolute atomic E-state index is 12.4. The number of para-hydroxylation sites is 1. The van der Waals surface area contributed by atoms with Gasteiger partial charge in [0.2, 0.25) is 0 Å². The van der Waals surface area contributed by atoms with Crippen molar-refractivity contribution in [3.63, 3.8) is 0 Å². The van der Waals surface area contributed by atoms with Crippen LogP contribution in [0.15, 0.2) is 71.2 Å². The Balaban J connectivity index is 1.65. The molecule has 26 heavy (non-hydrogen) atoms. The number of carbonyl (C=O) groups is 1. The van der Waals surface area contributed by atoms with E-state index >= 15 is 0 Å². The normalized spacial score (nSPS) is 10.8. The van der Waals surface area contributed by atoms with Gasteiger partial charge in [-0.3, -0.25) is 4.79 Å². The summed E-state index contributed by atoms with van der Waals surface area (Å²) in [5, 5.41) is 13.8. The molecule has 1 amide bonds. The van der Waals surface area contributed by atoms with Gasteiger partial charge in [0.25, 0.3) is 5.91 Å². The first-order chi connectivity index (χ1) is 12.6. The van der Waals surface area contributed by atoms with E-state index in [1.165, 1.54) is 11.3 Å². The molecule has 0 atom stereocenters. The van der Waals surface area contributed by atoms with Crippen LogP contribution in [0.1, 0.15) is 10.4 Å². The molecule has 0 saturated carbocycles. The lowest BCUT2D eigenvalue weighted by Gasteiger charge is -2.08. The van der Waals surface area contributed by atoms with Crippen LogP contribution in [-0.4, -0.2) is 16.0 Å². The second-order valence-corrected chi connectivity index (χ2v) is 7.63. The number of nitrogens with one attached hydrogen (secondary N) is 1. The van der Waals surface area contributed by atoms with Gasteiger partial charge in [0.05, 0.1) is 15.8 Å². The Morgan fingerprint density at radius 1 is 1.04 bits per heavy atom. The molecule has 0 bridgehead atoms. The molecule has 4 nitrogen and oxygen atoms in total. The number of carbonyl (C=O) groups excluding carboxylic acids is 1. The summed E-state index contributed by atoms with van der Waals surface area (Å²) >= 11 is 4.86. The van der Waals surface area contributed by atoms with E-state index in [1.807, 2.05) is 36.4 Å². The molecule has 1 heterocycles. The van der Waals surface area contributed by atoms with E-state index < -0.39 is 0 Å². The zero-order valence-corrected chi connectivity index (χ0v) is 15.8. The third kappa shape index (κ3) is 3.34. The molecule has 128 valence electrons. The zero-order chi connectivity index (χ0) is 18.1. The van der Waals surface area contributed by atoms with E-state index in [0.717, 1.165) is 14.7 Å². The van der Waals surface area contributed by atoms with Crippen LogP contribution in [0, 0.1) is 0 Å². The van der Waals surface area contributed by atoms with Crippen molar-refractivity contribution < 1.29 is 9.90 Å². The molecule has 3 aromatic carbocycles. The number of fused-ring (bicyclic) bond motifs is 1. The van der Waals surface area contributed by atoms with Crippen LogP contribution >= 0.6 is 27.3 Å². The molecule has 4 rings (SSSR count). The molecule has 6 heteroatoms. The average Bonchev–Trinajstić information content (AvgIpc) is 3.07. The topological polar surface area (TPSA) is 62.2 Å². The Morgan fingerprint density at radius 3 is 2.58 bits per heavy atom. The van der Waals surface area contributed by atoms with Crippen molar-refractivity contribution in [2.24, 2.45) is 0 Å². The molecular formula is C20H13BrN2O2S. The number of nitrogens with zero attached hydrogens (tertiary/aromatic N) is 1. The summed E-state index contributed by atoms with van der Waals surface area (Å²) in [6, 6.07) is 19.9. The minimum atomic E-state index is -0.210. The number of aromatic hydroxyl groups is 1. The Hall–Kier alpha value is -2.70. The summed E-state index contributed by atoms with van der Waals surface area (Å²) in [4.78, 5) is 17.0. The second-order valence-electron chi connectivity index (χ2n) is 5.68. The third-order valence-electron chi connectivity index (χ3n) is 3.89. The van der Waals surface area contributed by atoms with Crippen LogP contribution in [0.4, 0.5) is 5.69 Å². The maximum Gasteiger partial charge on any atom is 0.255 e. The Bertz CT molecular complexity index is 1070. The predicted octanol–water partition coefficient (Wildman–Crippen LogP) is 5.68. The number of phenolic OH excluding ortho intramolecular Hbond substituents is 1. The highest BCUT2D eigenvalue weighted by molar-refractivity contribution is 9.10. The minimum absolute atomic E-state index is 0.130. The summed E-state index contributed by atoms with van der Waals surface area (Å²) in [6.07, 6.45) is 0. The fourth-order valence-electron chi connectivity index (χ4n) is 2.58. The number of halogens is 1. The van der Waals surface area contributed by atoms with E-state index in [-0.39, 0.29) is 11.7 Å². The van der Waals surface area contributed by atoms with Crippen molar-refractivity contribution in [1.29, 1.82) is 0 Å². The summed E-state index contributed by atoms with van der Waals surface area (Å²) in [7, 11) is 0. The van der Waals surface area contributed by atoms with Gasteiger partial charge in [-0.25, -0.2) is 4.98 Å². The molecule has 0 saturated heterocycles. The Morgan fingerprint density at radius 2 is 1.81 bits per heavy atom. The average molecular weight is 425 g/mol. The van der Waals surface area contributed by atoms with Crippen molar-refractivity contribution in [2.45, 2.75) is 0 Å². The quantitative estimate of drug-likeness (QED) is 0.415. The molecule has 0 aliphatic heterocycles.